The molecule has 0 aromatic heterocycles. The van der Waals surface area contributed by atoms with E-state index >= 15 is 0 Å². The number of fused-ring (bicyclic) bond motifs is 1. The number of nitrogens with one attached hydrogen (secondary N) is 1. The van der Waals surface area contributed by atoms with Crippen LogP contribution in [0.15, 0.2) is 60.7 Å². The van der Waals surface area contributed by atoms with Crippen molar-refractivity contribution in [2.45, 2.75) is 19.4 Å². The van der Waals surface area contributed by atoms with E-state index in [1.54, 1.807) is 38.4 Å². The molecule has 4 rings (SSSR count). The Kier molecular flexibility index (Phi) is 6.58. The van der Waals surface area contributed by atoms with Crippen LogP contribution < -0.4 is 10.1 Å². The number of hydrogen-bond acceptors (Lipinski definition) is 5. The molecular weight excluding hydrogens is 420 g/mol. The fourth-order valence-electron chi connectivity index (χ4n) is 3.50. The van der Waals surface area contributed by atoms with Crippen LogP contribution in [0, 0.1) is 5.92 Å². The van der Waals surface area contributed by atoms with Gasteiger partial charge in [0.2, 0.25) is 5.91 Å². The fourth-order valence-corrected chi connectivity index (χ4v) is 3.50. The molecule has 1 saturated carbocycles. The second-order valence-electron chi connectivity index (χ2n) is 8.22. The first kappa shape index (κ1) is 22.3. The molecule has 0 unspecified atom stereocenters. The molecule has 0 radical (unpaired) electrons. The number of methoxy groups -OCH3 is 1. The second-order valence-corrected chi connectivity index (χ2v) is 8.22. The Labute approximate surface area is 192 Å². The van der Waals surface area contributed by atoms with Crippen molar-refractivity contribution in [2.24, 2.45) is 5.92 Å². The number of benzene rings is 3. The molecule has 7 nitrogen and oxygen atoms in total. The number of anilines is 1. The van der Waals surface area contributed by atoms with Crippen molar-refractivity contribution in [3.8, 4) is 5.75 Å². The zero-order valence-electron chi connectivity index (χ0n) is 18.7. The Balaban J connectivity index is 1.31. The molecule has 0 spiro atoms. The molecule has 1 aliphatic carbocycles. The van der Waals surface area contributed by atoms with E-state index in [1.165, 1.54) is 4.90 Å². The monoisotopic (exact) mass is 446 g/mol. The summed E-state index contributed by atoms with van der Waals surface area (Å²) in [4.78, 5) is 38.3. The SMILES string of the molecule is COc1ccc2cc(CN(C)C(=O)COC(=O)c3cccc(NC(=O)C4CC4)c3)ccc2c1. The van der Waals surface area contributed by atoms with Crippen LogP contribution in [0.1, 0.15) is 28.8 Å². The maximum absolute atomic E-state index is 12.5. The Morgan fingerprint density at radius 3 is 2.52 bits per heavy atom. The van der Waals surface area contributed by atoms with Crippen LogP contribution in [-0.4, -0.2) is 43.4 Å². The molecule has 33 heavy (non-hydrogen) atoms. The summed E-state index contributed by atoms with van der Waals surface area (Å²) in [6.45, 7) is 0.0276. The van der Waals surface area contributed by atoms with Gasteiger partial charge in [0.1, 0.15) is 5.75 Å². The lowest BCUT2D eigenvalue weighted by Crippen LogP contribution is -2.30. The maximum atomic E-state index is 12.5. The van der Waals surface area contributed by atoms with Crippen LogP contribution in [0.4, 0.5) is 5.69 Å². The molecule has 170 valence electrons. The van der Waals surface area contributed by atoms with Crippen LogP contribution in [0.2, 0.25) is 0 Å². The van der Waals surface area contributed by atoms with Gasteiger partial charge in [-0.25, -0.2) is 4.79 Å². The molecule has 3 aromatic rings. The van der Waals surface area contributed by atoms with Crippen molar-refractivity contribution in [1.82, 2.24) is 4.90 Å². The Hall–Kier alpha value is -3.87. The van der Waals surface area contributed by atoms with Gasteiger partial charge >= 0.3 is 5.97 Å². The van der Waals surface area contributed by atoms with Gasteiger partial charge in [-0.15, -0.1) is 0 Å². The van der Waals surface area contributed by atoms with Gasteiger partial charge in [0, 0.05) is 25.2 Å². The number of rotatable bonds is 8. The lowest BCUT2D eigenvalue weighted by atomic mass is 10.1. The third-order valence-corrected chi connectivity index (χ3v) is 5.60. The van der Waals surface area contributed by atoms with Crippen molar-refractivity contribution >= 4 is 34.2 Å². The van der Waals surface area contributed by atoms with E-state index in [0.29, 0.717) is 12.2 Å². The van der Waals surface area contributed by atoms with Gasteiger partial charge in [0.25, 0.3) is 5.91 Å². The van der Waals surface area contributed by atoms with E-state index in [0.717, 1.165) is 34.9 Å². The van der Waals surface area contributed by atoms with E-state index in [1.807, 2.05) is 36.4 Å². The van der Waals surface area contributed by atoms with Gasteiger partial charge in [-0.1, -0.05) is 24.3 Å². The van der Waals surface area contributed by atoms with E-state index in [2.05, 4.69) is 5.32 Å². The summed E-state index contributed by atoms with van der Waals surface area (Å²) in [6, 6.07) is 18.3. The van der Waals surface area contributed by atoms with Crippen molar-refractivity contribution in [1.29, 1.82) is 0 Å². The quantitative estimate of drug-likeness (QED) is 0.529. The van der Waals surface area contributed by atoms with Gasteiger partial charge in [-0.05, 0) is 65.6 Å². The predicted molar refractivity (Wildman–Crippen MR) is 125 cm³/mol. The minimum absolute atomic E-state index is 0.0369. The van der Waals surface area contributed by atoms with Crippen molar-refractivity contribution in [3.63, 3.8) is 0 Å². The highest BCUT2D eigenvalue weighted by Crippen LogP contribution is 2.30. The molecule has 7 heteroatoms. The minimum Gasteiger partial charge on any atom is -0.497 e. The van der Waals surface area contributed by atoms with Crippen LogP contribution in [-0.2, 0) is 20.9 Å². The summed E-state index contributed by atoms with van der Waals surface area (Å²) < 4.78 is 10.5. The smallest absolute Gasteiger partial charge is 0.338 e. The van der Waals surface area contributed by atoms with Gasteiger partial charge in [0.15, 0.2) is 6.61 Å². The molecule has 1 N–H and O–H groups in total. The lowest BCUT2D eigenvalue weighted by Gasteiger charge is -2.18. The van der Waals surface area contributed by atoms with Crippen LogP contribution in [0.5, 0.6) is 5.75 Å². The Morgan fingerprint density at radius 2 is 1.76 bits per heavy atom. The number of carbonyl (C=O) groups is 3. The zero-order valence-corrected chi connectivity index (χ0v) is 18.7. The normalized spacial score (nSPS) is 12.8. The predicted octanol–water partition coefficient (Wildman–Crippen LogP) is 4.01. The summed E-state index contributed by atoms with van der Waals surface area (Å²) >= 11 is 0. The summed E-state index contributed by atoms with van der Waals surface area (Å²) in [6.07, 6.45) is 1.80. The van der Waals surface area contributed by atoms with Crippen molar-refractivity contribution in [3.05, 3.63) is 71.8 Å². The molecule has 0 atom stereocenters. The fraction of sp³-hybridized carbons (Fsp3) is 0.269. The Bertz CT molecular complexity index is 1200. The molecule has 0 bridgehead atoms. The minimum atomic E-state index is -0.612. The molecule has 0 saturated heterocycles. The first-order valence-corrected chi connectivity index (χ1v) is 10.8. The molecule has 2 amide bonds. The van der Waals surface area contributed by atoms with E-state index < -0.39 is 5.97 Å². The number of amides is 2. The molecular formula is C26H26N2O5. The highest BCUT2D eigenvalue weighted by atomic mass is 16.5. The molecule has 0 aliphatic heterocycles. The number of likely N-dealkylation sites (N-methyl/N-ethyl adjacent to an activating group) is 1. The summed E-state index contributed by atoms with van der Waals surface area (Å²) in [5, 5.41) is 4.90. The topological polar surface area (TPSA) is 84.9 Å². The maximum Gasteiger partial charge on any atom is 0.338 e. The first-order chi connectivity index (χ1) is 15.9. The van der Waals surface area contributed by atoms with Crippen LogP contribution in [0.25, 0.3) is 10.8 Å². The third kappa shape index (κ3) is 5.68. The van der Waals surface area contributed by atoms with Gasteiger partial charge in [-0.3, -0.25) is 9.59 Å². The molecule has 3 aromatic carbocycles. The summed E-state index contributed by atoms with van der Waals surface area (Å²) in [5.74, 6) is -0.0974. The first-order valence-electron chi connectivity index (χ1n) is 10.8. The summed E-state index contributed by atoms with van der Waals surface area (Å²) in [5.41, 5.74) is 1.79. The number of hydrogen-bond donors (Lipinski definition) is 1. The second kappa shape index (κ2) is 9.73. The van der Waals surface area contributed by atoms with Crippen molar-refractivity contribution < 1.29 is 23.9 Å². The highest BCUT2D eigenvalue weighted by molar-refractivity contribution is 5.96. The lowest BCUT2D eigenvalue weighted by molar-refractivity contribution is -0.133. The van der Waals surface area contributed by atoms with Crippen LogP contribution >= 0.6 is 0 Å². The van der Waals surface area contributed by atoms with Gasteiger partial charge in [-0.2, -0.15) is 0 Å². The van der Waals surface area contributed by atoms with Gasteiger partial charge < -0.3 is 19.7 Å². The molecule has 0 heterocycles. The molecule has 1 aliphatic rings. The zero-order chi connectivity index (χ0) is 23.4. The van der Waals surface area contributed by atoms with E-state index in [9.17, 15) is 14.4 Å². The number of esters is 1. The summed E-state index contributed by atoms with van der Waals surface area (Å²) in [7, 11) is 3.30. The standard InChI is InChI=1S/C26H26N2O5/c1-28(15-17-6-7-20-14-23(32-2)11-10-19(20)12-17)24(29)16-33-26(31)21-4-3-5-22(13-21)27-25(30)18-8-9-18/h3-7,10-14,18H,8-9,15-16H2,1-2H3,(H,27,30). The van der Waals surface area contributed by atoms with Gasteiger partial charge in [0.05, 0.1) is 12.7 Å². The number of nitrogens with zero attached hydrogens (tertiary/aromatic N) is 1. The van der Waals surface area contributed by atoms with Crippen LogP contribution in [0.3, 0.4) is 0 Å². The largest absolute Gasteiger partial charge is 0.497 e. The average Bonchev–Trinajstić information content (AvgIpc) is 3.67. The number of carbonyl (C=O) groups excluding carboxylic acids is 3. The molecule has 1 fully saturated rings. The number of ether oxygens (including phenoxy) is 2. The average molecular weight is 447 g/mol. The highest BCUT2D eigenvalue weighted by Gasteiger charge is 2.29. The van der Waals surface area contributed by atoms with E-state index in [4.69, 9.17) is 9.47 Å². The van der Waals surface area contributed by atoms with Crippen molar-refractivity contribution in [2.75, 3.05) is 26.1 Å². The van der Waals surface area contributed by atoms with E-state index in [-0.39, 0.29) is 29.9 Å². The third-order valence-electron chi connectivity index (χ3n) is 5.60. The Morgan fingerprint density at radius 1 is 1.00 bits per heavy atom.